The highest BCUT2D eigenvalue weighted by Gasteiger charge is 2.14. The summed E-state index contributed by atoms with van der Waals surface area (Å²) in [6.07, 6.45) is 6.03. The van der Waals surface area contributed by atoms with Crippen molar-refractivity contribution in [1.29, 1.82) is 0 Å². The first-order valence-electron chi connectivity index (χ1n) is 6.79. The molecule has 0 amide bonds. The average molecular weight is 255 g/mol. The molecule has 1 heterocycles. The van der Waals surface area contributed by atoms with E-state index in [1.165, 1.54) is 17.5 Å². The Bertz CT molecular complexity index is 503. The van der Waals surface area contributed by atoms with Crippen LogP contribution in [0.4, 0.5) is 0 Å². The van der Waals surface area contributed by atoms with Crippen molar-refractivity contribution in [2.45, 2.75) is 32.7 Å². The zero-order valence-electron chi connectivity index (χ0n) is 11.9. The van der Waals surface area contributed by atoms with Crippen LogP contribution in [0.15, 0.2) is 36.7 Å². The second kappa shape index (κ2) is 6.43. The molecular weight excluding hydrogens is 234 g/mol. The van der Waals surface area contributed by atoms with Crippen LogP contribution < -0.4 is 5.32 Å². The summed E-state index contributed by atoms with van der Waals surface area (Å²) >= 11 is 0. The van der Waals surface area contributed by atoms with Gasteiger partial charge in [-0.1, -0.05) is 37.6 Å². The van der Waals surface area contributed by atoms with Crippen LogP contribution in [0.25, 0.3) is 0 Å². The average Bonchev–Trinajstić information content (AvgIpc) is 2.44. The van der Waals surface area contributed by atoms with Crippen LogP contribution in [-0.2, 0) is 6.42 Å². The molecule has 2 rings (SSSR count). The van der Waals surface area contributed by atoms with E-state index in [1.807, 2.05) is 26.4 Å². The quantitative estimate of drug-likeness (QED) is 0.892. The van der Waals surface area contributed by atoms with E-state index in [4.69, 9.17) is 0 Å². The minimum Gasteiger partial charge on any atom is -0.307 e. The topological polar surface area (TPSA) is 37.8 Å². The monoisotopic (exact) mass is 255 g/mol. The van der Waals surface area contributed by atoms with Gasteiger partial charge >= 0.3 is 0 Å². The highest BCUT2D eigenvalue weighted by Crippen LogP contribution is 2.19. The standard InChI is InChI=1S/C16H21N3/c1-4-5-13-6-8-14(9-7-13)15(17-3)16-18-10-12(2)11-19-16/h6-11,15,17H,4-5H2,1-3H3. The third-order valence-electron chi connectivity index (χ3n) is 3.20. The van der Waals surface area contributed by atoms with Crippen LogP contribution in [0.3, 0.4) is 0 Å². The van der Waals surface area contributed by atoms with E-state index in [2.05, 4.69) is 46.5 Å². The van der Waals surface area contributed by atoms with Crippen molar-refractivity contribution in [3.63, 3.8) is 0 Å². The molecule has 100 valence electrons. The fraction of sp³-hybridized carbons (Fsp3) is 0.375. The number of rotatable bonds is 5. The molecule has 1 aromatic carbocycles. The Labute approximate surface area is 115 Å². The number of benzene rings is 1. The van der Waals surface area contributed by atoms with Crippen molar-refractivity contribution < 1.29 is 0 Å². The Morgan fingerprint density at radius 1 is 1.11 bits per heavy atom. The van der Waals surface area contributed by atoms with Crippen LogP contribution in [0.5, 0.6) is 0 Å². The summed E-state index contributed by atoms with van der Waals surface area (Å²) in [6, 6.07) is 8.76. The largest absolute Gasteiger partial charge is 0.307 e. The van der Waals surface area contributed by atoms with Crippen LogP contribution >= 0.6 is 0 Å². The molecule has 1 atom stereocenters. The lowest BCUT2D eigenvalue weighted by molar-refractivity contribution is 0.645. The van der Waals surface area contributed by atoms with Crippen molar-refractivity contribution >= 4 is 0 Å². The van der Waals surface area contributed by atoms with Crippen molar-refractivity contribution in [2.24, 2.45) is 0 Å². The Morgan fingerprint density at radius 3 is 2.26 bits per heavy atom. The summed E-state index contributed by atoms with van der Waals surface area (Å²) in [4.78, 5) is 8.82. The van der Waals surface area contributed by atoms with Gasteiger partial charge in [-0.2, -0.15) is 0 Å². The van der Waals surface area contributed by atoms with Gasteiger partial charge in [0.2, 0.25) is 0 Å². The molecule has 19 heavy (non-hydrogen) atoms. The second-order valence-electron chi connectivity index (χ2n) is 4.83. The molecule has 0 aliphatic carbocycles. The first-order valence-corrected chi connectivity index (χ1v) is 6.79. The molecule has 2 aromatic rings. The minimum absolute atomic E-state index is 0.0521. The molecule has 0 saturated heterocycles. The van der Waals surface area contributed by atoms with E-state index >= 15 is 0 Å². The summed E-state index contributed by atoms with van der Waals surface area (Å²) in [5.41, 5.74) is 3.66. The van der Waals surface area contributed by atoms with Gasteiger partial charge in [-0.25, -0.2) is 9.97 Å². The molecule has 0 radical (unpaired) electrons. The summed E-state index contributed by atoms with van der Waals surface area (Å²) in [5, 5.41) is 3.28. The number of nitrogens with one attached hydrogen (secondary N) is 1. The van der Waals surface area contributed by atoms with Gasteiger partial charge in [0.05, 0.1) is 6.04 Å². The summed E-state index contributed by atoms with van der Waals surface area (Å²) in [5.74, 6) is 0.816. The van der Waals surface area contributed by atoms with E-state index in [-0.39, 0.29) is 6.04 Å². The normalized spacial score (nSPS) is 12.4. The Balaban J connectivity index is 2.23. The zero-order valence-corrected chi connectivity index (χ0v) is 11.9. The fourth-order valence-electron chi connectivity index (χ4n) is 2.16. The Kier molecular flexibility index (Phi) is 4.63. The third kappa shape index (κ3) is 3.38. The molecule has 3 nitrogen and oxygen atoms in total. The predicted molar refractivity (Wildman–Crippen MR) is 78.1 cm³/mol. The number of hydrogen-bond acceptors (Lipinski definition) is 3. The first-order chi connectivity index (χ1) is 9.24. The summed E-state index contributed by atoms with van der Waals surface area (Å²) in [6.45, 7) is 4.20. The van der Waals surface area contributed by atoms with Crippen molar-refractivity contribution in [3.8, 4) is 0 Å². The van der Waals surface area contributed by atoms with E-state index in [9.17, 15) is 0 Å². The van der Waals surface area contributed by atoms with Crippen molar-refractivity contribution in [1.82, 2.24) is 15.3 Å². The summed E-state index contributed by atoms with van der Waals surface area (Å²) in [7, 11) is 1.94. The molecule has 0 aliphatic heterocycles. The number of aromatic nitrogens is 2. The lowest BCUT2D eigenvalue weighted by Crippen LogP contribution is -2.20. The molecule has 1 aromatic heterocycles. The van der Waals surface area contributed by atoms with Gasteiger partial charge in [0.1, 0.15) is 5.82 Å². The second-order valence-corrected chi connectivity index (χ2v) is 4.83. The molecule has 0 fully saturated rings. The fourth-order valence-corrected chi connectivity index (χ4v) is 2.16. The smallest absolute Gasteiger partial charge is 0.149 e. The highest BCUT2D eigenvalue weighted by molar-refractivity contribution is 5.29. The van der Waals surface area contributed by atoms with E-state index < -0.39 is 0 Å². The molecular formula is C16H21N3. The van der Waals surface area contributed by atoms with E-state index in [0.29, 0.717) is 0 Å². The maximum atomic E-state index is 4.41. The van der Waals surface area contributed by atoms with Gasteiger partial charge in [0.15, 0.2) is 0 Å². The molecule has 1 N–H and O–H groups in total. The van der Waals surface area contributed by atoms with Crippen molar-refractivity contribution in [3.05, 3.63) is 59.2 Å². The lowest BCUT2D eigenvalue weighted by Gasteiger charge is -2.15. The zero-order chi connectivity index (χ0) is 13.7. The first kappa shape index (κ1) is 13.7. The number of aryl methyl sites for hydroxylation is 2. The molecule has 0 bridgehead atoms. The van der Waals surface area contributed by atoms with E-state index in [1.54, 1.807) is 0 Å². The van der Waals surface area contributed by atoms with Crippen molar-refractivity contribution in [2.75, 3.05) is 7.05 Å². The van der Waals surface area contributed by atoms with Crippen LogP contribution in [0.1, 0.15) is 41.9 Å². The molecule has 1 unspecified atom stereocenters. The number of nitrogens with zero attached hydrogens (tertiary/aromatic N) is 2. The predicted octanol–water partition coefficient (Wildman–Crippen LogP) is 3.05. The summed E-state index contributed by atoms with van der Waals surface area (Å²) < 4.78 is 0. The van der Waals surface area contributed by atoms with Gasteiger partial charge in [0.25, 0.3) is 0 Å². The molecule has 0 aliphatic rings. The highest BCUT2D eigenvalue weighted by atomic mass is 15.0. The lowest BCUT2D eigenvalue weighted by atomic mass is 10.0. The van der Waals surface area contributed by atoms with E-state index in [0.717, 1.165) is 17.8 Å². The molecule has 0 spiro atoms. The minimum atomic E-state index is 0.0521. The van der Waals surface area contributed by atoms with Gasteiger partial charge in [0, 0.05) is 12.4 Å². The maximum absolute atomic E-state index is 4.41. The van der Waals surface area contributed by atoms with Gasteiger partial charge in [-0.3, -0.25) is 0 Å². The molecule has 0 saturated carbocycles. The van der Waals surface area contributed by atoms with Crippen LogP contribution in [-0.4, -0.2) is 17.0 Å². The van der Waals surface area contributed by atoms with Gasteiger partial charge in [-0.15, -0.1) is 0 Å². The van der Waals surface area contributed by atoms with Crippen LogP contribution in [0.2, 0.25) is 0 Å². The number of hydrogen-bond donors (Lipinski definition) is 1. The van der Waals surface area contributed by atoms with Crippen LogP contribution in [0, 0.1) is 6.92 Å². The van der Waals surface area contributed by atoms with Gasteiger partial charge < -0.3 is 5.32 Å². The maximum Gasteiger partial charge on any atom is 0.149 e. The Hall–Kier alpha value is -1.74. The molecule has 3 heteroatoms. The Morgan fingerprint density at radius 2 is 1.74 bits per heavy atom. The SMILES string of the molecule is CCCc1ccc(C(NC)c2ncc(C)cn2)cc1. The third-order valence-corrected chi connectivity index (χ3v) is 3.20. The van der Waals surface area contributed by atoms with Gasteiger partial charge in [-0.05, 0) is 37.1 Å².